The lowest BCUT2D eigenvalue weighted by Gasteiger charge is -2.06. The number of thioether (sulfide) groups is 6. The second-order valence-electron chi connectivity index (χ2n) is 5.14. The van der Waals surface area contributed by atoms with Gasteiger partial charge >= 0.3 is 0 Å². The Kier molecular flexibility index (Phi) is 9.13. The molecule has 26 heavy (non-hydrogen) atoms. The smallest absolute Gasteiger partial charge is 0.0717 e. The first-order chi connectivity index (χ1) is 12.7. The zero-order valence-corrected chi connectivity index (χ0v) is 19.5. The normalized spacial score (nSPS) is 16.9. The average molecular weight is 468 g/mol. The Morgan fingerprint density at radius 2 is 1.38 bits per heavy atom. The van der Waals surface area contributed by atoms with Gasteiger partial charge in [-0.3, -0.25) is 0 Å². The van der Waals surface area contributed by atoms with Gasteiger partial charge in [-0.1, -0.05) is 47.0 Å². The van der Waals surface area contributed by atoms with Crippen LogP contribution in [0, 0.1) is 0 Å². The Labute approximate surface area is 180 Å². The van der Waals surface area contributed by atoms with Gasteiger partial charge in [-0.05, 0) is 12.5 Å². The number of nitrogens with zero attached hydrogens (tertiary/aromatic N) is 1. The summed E-state index contributed by atoms with van der Waals surface area (Å²) in [5, 5.41) is 8.63. The quantitative estimate of drug-likeness (QED) is 0.469. The Morgan fingerprint density at radius 3 is 1.92 bits per heavy atom. The van der Waals surface area contributed by atoms with Crippen LogP contribution < -0.4 is 0 Å². The van der Waals surface area contributed by atoms with Crippen LogP contribution in [0.4, 0.5) is 0 Å². The van der Waals surface area contributed by atoms with Gasteiger partial charge in [0, 0.05) is 28.7 Å². The van der Waals surface area contributed by atoms with Crippen molar-refractivity contribution >= 4 is 70.6 Å². The molecule has 0 spiro atoms. The molecule has 0 aromatic carbocycles. The second kappa shape index (κ2) is 11.1. The van der Waals surface area contributed by atoms with Gasteiger partial charge in [0.15, 0.2) is 0 Å². The van der Waals surface area contributed by atoms with Crippen molar-refractivity contribution in [2.45, 2.75) is 16.3 Å². The molecule has 10 heteroatoms. The van der Waals surface area contributed by atoms with Crippen LogP contribution in [0.5, 0.6) is 0 Å². The van der Waals surface area contributed by atoms with Crippen molar-refractivity contribution in [3.63, 3.8) is 0 Å². The first kappa shape index (κ1) is 21.4. The van der Waals surface area contributed by atoms with Crippen molar-refractivity contribution in [1.29, 1.82) is 0 Å². The molecule has 0 aliphatic carbocycles. The lowest BCUT2D eigenvalue weighted by atomic mass is 10.6. The Bertz CT molecular complexity index is 644. The van der Waals surface area contributed by atoms with E-state index in [4.69, 9.17) is 14.6 Å². The predicted molar refractivity (Wildman–Crippen MR) is 121 cm³/mol. The molecule has 1 aromatic rings. The average Bonchev–Trinajstić information content (AvgIpc) is 3.32. The van der Waals surface area contributed by atoms with Crippen LogP contribution >= 0.6 is 70.6 Å². The van der Waals surface area contributed by atoms with Crippen LogP contribution in [-0.2, 0) is 16.0 Å². The molecular formula is C16H21NO3S6. The lowest BCUT2D eigenvalue weighted by Crippen LogP contribution is -2.10. The highest BCUT2D eigenvalue weighted by Crippen LogP contribution is 2.63. The van der Waals surface area contributed by atoms with Gasteiger partial charge in [-0.25, -0.2) is 0 Å². The van der Waals surface area contributed by atoms with Gasteiger partial charge in [0.25, 0.3) is 0 Å². The van der Waals surface area contributed by atoms with E-state index in [-0.39, 0.29) is 6.61 Å². The van der Waals surface area contributed by atoms with E-state index >= 15 is 0 Å². The minimum Gasteiger partial charge on any atom is -0.394 e. The molecule has 0 amide bonds. The third kappa shape index (κ3) is 5.64. The van der Waals surface area contributed by atoms with Crippen molar-refractivity contribution in [3.8, 4) is 0 Å². The van der Waals surface area contributed by atoms with Crippen LogP contribution in [0.2, 0.25) is 0 Å². The van der Waals surface area contributed by atoms with E-state index in [1.54, 1.807) is 0 Å². The lowest BCUT2D eigenvalue weighted by molar-refractivity contribution is 0.0309. The number of rotatable bonds is 10. The Hall–Kier alpha value is 0.740. The summed E-state index contributed by atoms with van der Waals surface area (Å²) in [5.74, 6) is 0. The highest BCUT2D eigenvalue weighted by atomic mass is 32.3. The molecule has 1 aromatic heterocycles. The Morgan fingerprint density at radius 1 is 0.846 bits per heavy atom. The topological polar surface area (TPSA) is 43.6 Å². The minimum absolute atomic E-state index is 0.0622. The van der Waals surface area contributed by atoms with Crippen LogP contribution in [0.1, 0.15) is 0 Å². The van der Waals surface area contributed by atoms with E-state index in [1.165, 1.54) is 26.7 Å². The zero-order valence-electron chi connectivity index (χ0n) is 14.6. The molecule has 4 nitrogen and oxygen atoms in total. The predicted octanol–water partition coefficient (Wildman–Crippen LogP) is 5.17. The van der Waals surface area contributed by atoms with E-state index < -0.39 is 0 Å². The summed E-state index contributed by atoms with van der Waals surface area (Å²) in [5.41, 5.74) is 0. The third-order valence-electron chi connectivity index (χ3n) is 3.39. The summed E-state index contributed by atoms with van der Waals surface area (Å²) in [6.45, 7) is 3.06. The van der Waals surface area contributed by atoms with E-state index in [0.717, 1.165) is 6.54 Å². The number of aliphatic hydroxyl groups excluding tert-OH is 1. The molecule has 0 saturated carbocycles. The summed E-state index contributed by atoms with van der Waals surface area (Å²) in [7, 11) is 0. The van der Waals surface area contributed by atoms with Crippen LogP contribution in [-0.4, -0.2) is 55.2 Å². The van der Waals surface area contributed by atoms with E-state index in [2.05, 4.69) is 29.5 Å². The summed E-state index contributed by atoms with van der Waals surface area (Å²) in [6.07, 6.45) is 8.74. The molecule has 0 saturated heterocycles. The summed E-state index contributed by atoms with van der Waals surface area (Å²) in [4.78, 5) is 2.68. The molecule has 0 unspecified atom stereocenters. The summed E-state index contributed by atoms with van der Waals surface area (Å²) in [6, 6.07) is 0. The molecule has 3 rings (SSSR count). The fourth-order valence-electron chi connectivity index (χ4n) is 2.21. The first-order valence-corrected chi connectivity index (χ1v) is 13.7. The second-order valence-corrected chi connectivity index (χ2v) is 12.0. The molecule has 0 bridgehead atoms. The Balaban J connectivity index is 1.46. The minimum atomic E-state index is 0.0622. The van der Waals surface area contributed by atoms with Gasteiger partial charge < -0.3 is 19.1 Å². The number of hydrogen-bond donors (Lipinski definition) is 1. The molecule has 144 valence electrons. The van der Waals surface area contributed by atoms with Crippen LogP contribution in [0.3, 0.4) is 0 Å². The molecule has 1 N–H and O–H groups in total. The van der Waals surface area contributed by atoms with Crippen molar-refractivity contribution in [1.82, 2.24) is 4.57 Å². The van der Waals surface area contributed by atoms with E-state index in [1.807, 2.05) is 70.6 Å². The number of ether oxygens (including phenoxy) is 2. The summed E-state index contributed by atoms with van der Waals surface area (Å²) < 4.78 is 18.6. The monoisotopic (exact) mass is 467 g/mol. The standard InChI is InChI=1S/C16H21NO3S6/c1-21-13-14(22-2)26-16(25-13)15-23-11-9-17(10-12(11)24-15)3-5-19-7-8-20-6-4-18/h9-10,18H,3-8H2,1-2H3. The molecule has 0 atom stereocenters. The number of fused-ring (bicyclic) bond motifs is 1. The number of hydrogen-bond acceptors (Lipinski definition) is 9. The zero-order chi connectivity index (χ0) is 18.4. The number of aromatic nitrogens is 1. The molecule has 0 radical (unpaired) electrons. The third-order valence-corrected chi connectivity index (χ3v) is 11.6. The SMILES string of the molecule is CSC1=C(SC)SC(=C2Sc3cn(CCOCCOCCO)cc3S2)S1. The molecule has 2 aliphatic heterocycles. The molecule has 3 heterocycles. The maximum absolute atomic E-state index is 8.63. The van der Waals surface area contributed by atoms with E-state index in [9.17, 15) is 0 Å². The maximum Gasteiger partial charge on any atom is 0.0717 e. The highest BCUT2D eigenvalue weighted by molar-refractivity contribution is 8.41. The molecule has 2 aliphatic rings. The van der Waals surface area contributed by atoms with Crippen LogP contribution in [0.15, 0.2) is 39.1 Å². The maximum atomic E-state index is 8.63. The largest absolute Gasteiger partial charge is 0.394 e. The van der Waals surface area contributed by atoms with E-state index in [0.29, 0.717) is 26.4 Å². The van der Waals surface area contributed by atoms with Crippen molar-refractivity contribution in [3.05, 3.63) is 29.3 Å². The van der Waals surface area contributed by atoms with Crippen LogP contribution in [0.25, 0.3) is 0 Å². The fraction of sp³-hybridized carbons (Fsp3) is 0.500. The summed E-state index contributed by atoms with van der Waals surface area (Å²) >= 11 is 11.3. The molecular weight excluding hydrogens is 447 g/mol. The van der Waals surface area contributed by atoms with Crippen molar-refractivity contribution in [2.75, 3.05) is 45.5 Å². The fourth-order valence-corrected chi connectivity index (χ4v) is 10.1. The highest BCUT2D eigenvalue weighted by Gasteiger charge is 2.28. The first-order valence-electron chi connectivity index (χ1n) is 7.99. The van der Waals surface area contributed by atoms with Crippen molar-refractivity contribution in [2.24, 2.45) is 0 Å². The molecule has 0 fully saturated rings. The van der Waals surface area contributed by atoms with Gasteiger partial charge in [0.1, 0.15) is 0 Å². The van der Waals surface area contributed by atoms with Gasteiger partial charge in [-0.2, -0.15) is 0 Å². The van der Waals surface area contributed by atoms with Gasteiger partial charge in [0.05, 0.1) is 50.0 Å². The van der Waals surface area contributed by atoms with Crippen molar-refractivity contribution < 1.29 is 14.6 Å². The number of aliphatic hydroxyl groups is 1. The van der Waals surface area contributed by atoms with Gasteiger partial charge in [0.2, 0.25) is 0 Å². The van der Waals surface area contributed by atoms with Gasteiger partial charge in [-0.15, -0.1) is 23.5 Å².